The zero-order valence-electron chi connectivity index (χ0n) is 41.7. The van der Waals surface area contributed by atoms with E-state index in [1.54, 1.807) is 35.2 Å². The van der Waals surface area contributed by atoms with Gasteiger partial charge in [0, 0.05) is 35.4 Å². The van der Waals surface area contributed by atoms with E-state index in [0.29, 0.717) is 23.1 Å². The summed E-state index contributed by atoms with van der Waals surface area (Å²) in [4.78, 5) is 4.83. The van der Waals surface area contributed by atoms with Gasteiger partial charge in [-0.3, -0.25) is 13.7 Å². The Labute approximate surface area is 342 Å². The Kier molecular flexibility index (Phi) is 6.42. The van der Waals surface area contributed by atoms with Crippen molar-refractivity contribution in [3.63, 3.8) is 0 Å². The van der Waals surface area contributed by atoms with Gasteiger partial charge in [0.25, 0.3) is 6.33 Å². The molecule has 274 valence electrons. The van der Waals surface area contributed by atoms with Crippen LogP contribution < -0.4 is 9.30 Å². The maximum atomic E-state index is 8.85. The van der Waals surface area contributed by atoms with Crippen molar-refractivity contribution in [3.8, 4) is 50.9 Å². The standard InChI is InChI=1S/C51H44N4O/c1-35(2)38-26-27-52-49(30-38)55-47-25-22-39(51(3,4)5)31-46(47)45-24-23-42(33-48(45)55)56-41-19-12-18-40(32-41)53-28-29-54(34-53)50-43(36-14-8-6-9-15-36)20-13-21-44(50)37-16-10-7-11-17-37/h6-33,35H,1-5H3/i6D,7D,8D,9D,10D,11D,14D,15D,16D,17D. The number of rotatable bonds is 8. The van der Waals surface area contributed by atoms with Gasteiger partial charge in [0.05, 0.1) is 36.1 Å². The molecule has 0 fully saturated rings. The summed E-state index contributed by atoms with van der Waals surface area (Å²) in [6, 6.07) is 23.8. The van der Waals surface area contributed by atoms with Crippen LogP contribution >= 0.6 is 0 Å². The van der Waals surface area contributed by atoms with Gasteiger partial charge in [-0.25, -0.2) is 4.98 Å². The highest BCUT2D eigenvalue weighted by atomic mass is 16.5. The van der Waals surface area contributed by atoms with Gasteiger partial charge in [-0.05, 0) is 99.3 Å². The summed E-state index contributed by atoms with van der Waals surface area (Å²) in [5.41, 5.74) is 5.23. The topological polar surface area (TPSA) is 35.9 Å². The van der Waals surface area contributed by atoms with Crippen molar-refractivity contribution in [2.24, 2.45) is 0 Å². The average Bonchev–Trinajstić information content (AvgIpc) is 3.92. The van der Waals surface area contributed by atoms with Crippen LogP contribution in [0.15, 0.2) is 170 Å². The number of ether oxygens (including phenoxy) is 1. The summed E-state index contributed by atoms with van der Waals surface area (Å²) in [6.45, 7) is 10.9. The number of hydrogen-bond donors (Lipinski definition) is 0. The van der Waals surface area contributed by atoms with E-state index >= 15 is 0 Å². The van der Waals surface area contributed by atoms with Crippen LogP contribution in [0.1, 0.15) is 65.4 Å². The second kappa shape index (κ2) is 14.2. The number of para-hydroxylation sites is 1. The minimum absolute atomic E-state index is 0.0523. The Balaban J connectivity index is 1.16. The SMILES string of the molecule is [2H]c1c([2H])c([2H])c(-c2cccc(-c3c([2H])c([2H])c([2H])c([2H])c3[2H])c2-[n+]2[c-]n(-c3cccc(Oc4ccc5c6cc(C(C)(C)C)ccc6n(-c6cc(C(C)C)ccn6)c5c4)c3)cc2)c([2H])c1[2H]. The largest absolute Gasteiger partial charge is 0.458 e. The van der Waals surface area contributed by atoms with Crippen LogP contribution in [0.25, 0.3) is 61.3 Å². The van der Waals surface area contributed by atoms with Crippen molar-refractivity contribution in [2.45, 2.75) is 46.0 Å². The third-order valence-electron chi connectivity index (χ3n) is 10.00. The van der Waals surface area contributed by atoms with Crippen LogP contribution in [-0.2, 0) is 5.41 Å². The van der Waals surface area contributed by atoms with Crippen LogP contribution in [-0.4, -0.2) is 14.1 Å². The molecule has 0 N–H and O–H groups in total. The normalized spacial score (nSPS) is 14.3. The lowest BCUT2D eigenvalue weighted by molar-refractivity contribution is -0.598. The van der Waals surface area contributed by atoms with E-state index in [0.717, 1.165) is 27.6 Å². The third-order valence-corrected chi connectivity index (χ3v) is 10.00. The minimum atomic E-state index is -0.560. The fourth-order valence-electron chi connectivity index (χ4n) is 7.09. The van der Waals surface area contributed by atoms with E-state index < -0.39 is 60.4 Å². The molecule has 9 rings (SSSR count). The van der Waals surface area contributed by atoms with Crippen molar-refractivity contribution in [1.82, 2.24) is 14.1 Å². The summed E-state index contributed by atoms with van der Waals surface area (Å²) < 4.78 is 97.6. The van der Waals surface area contributed by atoms with E-state index in [2.05, 4.69) is 75.8 Å². The molecule has 0 atom stereocenters. The number of hydrogen-bond acceptors (Lipinski definition) is 2. The van der Waals surface area contributed by atoms with Crippen LogP contribution in [0.4, 0.5) is 0 Å². The molecule has 0 saturated heterocycles. The second-order valence-corrected chi connectivity index (χ2v) is 15.0. The molecule has 0 aliphatic heterocycles. The van der Waals surface area contributed by atoms with Crippen molar-refractivity contribution in [2.75, 3.05) is 0 Å². The van der Waals surface area contributed by atoms with Gasteiger partial charge in [0.1, 0.15) is 17.3 Å². The summed E-state index contributed by atoms with van der Waals surface area (Å²) in [5.74, 6) is 2.25. The van der Waals surface area contributed by atoms with Gasteiger partial charge in [-0.1, -0.05) is 125 Å². The molecule has 0 aliphatic carbocycles. The molecule has 0 amide bonds. The number of pyridine rings is 1. The highest BCUT2D eigenvalue weighted by Gasteiger charge is 2.20. The summed E-state index contributed by atoms with van der Waals surface area (Å²) in [7, 11) is 0. The van der Waals surface area contributed by atoms with E-state index in [1.165, 1.54) is 15.7 Å². The molecule has 5 nitrogen and oxygen atoms in total. The first kappa shape index (κ1) is 25.4. The Bertz CT molecular complexity index is 3300. The molecule has 9 aromatic rings. The predicted molar refractivity (Wildman–Crippen MR) is 228 cm³/mol. The molecule has 3 aromatic heterocycles. The summed E-state index contributed by atoms with van der Waals surface area (Å²) in [6.07, 6.45) is 8.47. The molecule has 0 radical (unpaired) electrons. The number of imidazole rings is 1. The molecular weight excluding hydrogens is 685 g/mol. The maximum Gasteiger partial charge on any atom is 0.268 e. The van der Waals surface area contributed by atoms with Crippen LogP contribution in [0, 0.1) is 6.33 Å². The maximum absolute atomic E-state index is 8.85. The molecular formula is C51H44N4O. The number of aromatic nitrogens is 4. The van der Waals surface area contributed by atoms with Gasteiger partial charge in [-0.15, -0.1) is 0 Å². The third kappa shape index (κ3) is 6.56. The van der Waals surface area contributed by atoms with E-state index in [1.807, 2.05) is 48.7 Å². The number of fused-ring (bicyclic) bond motifs is 3. The summed E-state index contributed by atoms with van der Waals surface area (Å²) >= 11 is 0. The zero-order chi connectivity index (χ0) is 47.1. The first-order valence-electron chi connectivity index (χ1n) is 23.5. The Morgan fingerprint density at radius 3 is 2.11 bits per heavy atom. The highest BCUT2D eigenvalue weighted by Crippen LogP contribution is 2.38. The van der Waals surface area contributed by atoms with Gasteiger partial charge in [0.15, 0.2) is 0 Å². The molecule has 0 saturated carbocycles. The lowest BCUT2D eigenvalue weighted by Gasteiger charge is -2.19. The molecule has 3 heterocycles. The quantitative estimate of drug-likeness (QED) is 0.115. The fraction of sp³-hybridized carbons (Fsp3) is 0.137. The lowest BCUT2D eigenvalue weighted by atomic mass is 9.86. The van der Waals surface area contributed by atoms with Gasteiger partial charge >= 0.3 is 0 Å². The fourth-order valence-corrected chi connectivity index (χ4v) is 7.09. The lowest BCUT2D eigenvalue weighted by Crippen LogP contribution is -2.30. The molecule has 56 heavy (non-hydrogen) atoms. The monoisotopic (exact) mass is 738 g/mol. The van der Waals surface area contributed by atoms with E-state index in [4.69, 9.17) is 23.4 Å². The first-order chi connectivity index (χ1) is 31.3. The Hall–Kier alpha value is -6.72. The average molecular weight is 739 g/mol. The molecule has 0 bridgehead atoms. The van der Waals surface area contributed by atoms with Gasteiger partial charge in [0.2, 0.25) is 0 Å². The van der Waals surface area contributed by atoms with Crippen LogP contribution in [0.3, 0.4) is 0 Å². The van der Waals surface area contributed by atoms with E-state index in [9.17, 15) is 0 Å². The Morgan fingerprint density at radius 1 is 0.714 bits per heavy atom. The van der Waals surface area contributed by atoms with Crippen LogP contribution in [0.5, 0.6) is 11.5 Å². The molecule has 5 heteroatoms. The van der Waals surface area contributed by atoms with Crippen molar-refractivity contribution >= 4 is 21.8 Å². The number of benzene rings is 6. The molecule has 0 spiro atoms. The highest BCUT2D eigenvalue weighted by molar-refractivity contribution is 6.09. The van der Waals surface area contributed by atoms with Crippen LogP contribution in [0.2, 0.25) is 0 Å². The zero-order valence-corrected chi connectivity index (χ0v) is 31.7. The molecule has 0 aliphatic rings. The molecule has 6 aromatic carbocycles. The first-order valence-corrected chi connectivity index (χ1v) is 18.5. The summed E-state index contributed by atoms with van der Waals surface area (Å²) in [5, 5.41) is 2.18. The molecule has 0 unspecified atom stereocenters. The van der Waals surface area contributed by atoms with Crippen molar-refractivity contribution < 1.29 is 23.0 Å². The minimum Gasteiger partial charge on any atom is -0.458 e. The predicted octanol–water partition coefficient (Wildman–Crippen LogP) is 12.6. The smallest absolute Gasteiger partial charge is 0.268 e. The van der Waals surface area contributed by atoms with E-state index in [-0.39, 0.29) is 33.4 Å². The second-order valence-electron chi connectivity index (χ2n) is 15.0. The Morgan fingerprint density at radius 2 is 1.41 bits per heavy atom. The number of nitrogens with zero attached hydrogens (tertiary/aromatic N) is 4. The van der Waals surface area contributed by atoms with Gasteiger partial charge in [-0.2, -0.15) is 0 Å². The van der Waals surface area contributed by atoms with Crippen molar-refractivity contribution in [1.29, 1.82) is 0 Å². The van der Waals surface area contributed by atoms with Gasteiger partial charge < -0.3 is 4.74 Å². The van der Waals surface area contributed by atoms with Crippen molar-refractivity contribution in [3.05, 3.63) is 187 Å².